The number of nitrogens with zero attached hydrogens (tertiary/aromatic N) is 1. The van der Waals surface area contributed by atoms with Crippen LogP contribution in [0.4, 0.5) is 4.79 Å². The maximum atomic E-state index is 12.6. The molecule has 1 atom stereocenters. The SMILES string of the molecule is CC(C)(C)OC(=O)N(C1CCOCC1)[C@H]1CCCNC1. The first-order valence-electron chi connectivity index (χ1n) is 7.77. The summed E-state index contributed by atoms with van der Waals surface area (Å²) in [5.74, 6) is 0. The molecule has 2 rings (SSSR count). The molecule has 0 aromatic carbocycles. The molecule has 0 aromatic heterocycles. The minimum atomic E-state index is -0.442. The summed E-state index contributed by atoms with van der Waals surface area (Å²) in [7, 11) is 0. The van der Waals surface area contributed by atoms with Crippen LogP contribution in [0.5, 0.6) is 0 Å². The van der Waals surface area contributed by atoms with Crippen LogP contribution in [-0.4, -0.2) is 55.0 Å². The number of nitrogens with one attached hydrogen (secondary N) is 1. The second-order valence-corrected chi connectivity index (χ2v) is 6.73. The molecule has 2 heterocycles. The molecule has 2 saturated heterocycles. The number of hydrogen-bond acceptors (Lipinski definition) is 4. The van der Waals surface area contributed by atoms with Crippen molar-refractivity contribution in [2.45, 2.75) is 64.1 Å². The number of ether oxygens (including phenoxy) is 2. The highest BCUT2D eigenvalue weighted by atomic mass is 16.6. The minimum absolute atomic E-state index is 0.168. The fourth-order valence-corrected chi connectivity index (χ4v) is 2.95. The largest absolute Gasteiger partial charge is 0.444 e. The number of carbonyl (C=O) groups excluding carboxylic acids is 1. The Labute approximate surface area is 122 Å². The number of carbonyl (C=O) groups is 1. The molecule has 1 amide bonds. The van der Waals surface area contributed by atoms with Gasteiger partial charge in [0.15, 0.2) is 0 Å². The molecule has 0 aliphatic carbocycles. The van der Waals surface area contributed by atoms with E-state index in [1.54, 1.807) is 0 Å². The van der Waals surface area contributed by atoms with E-state index in [-0.39, 0.29) is 18.2 Å². The van der Waals surface area contributed by atoms with Crippen molar-refractivity contribution >= 4 is 6.09 Å². The first kappa shape index (κ1) is 15.6. The van der Waals surface area contributed by atoms with Crippen LogP contribution in [0.2, 0.25) is 0 Å². The van der Waals surface area contributed by atoms with Crippen molar-refractivity contribution in [3.05, 3.63) is 0 Å². The zero-order valence-electron chi connectivity index (χ0n) is 13.0. The van der Waals surface area contributed by atoms with Gasteiger partial charge >= 0.3 is 6.09 Å². The monoisotopic (exact) mass is 284 g/mol. The maximum absolute atomic E-state index is 12.6. The lowest BCUT2D eigenvalue weighted by Crippen LogP contribution is -2.55. The lowest BCUT2D eigenvalue weighted by molar-refractivity contribution is -0.0212. The summed E-state index contributed by atoms with van der Waals surface area (Å²) in [5, 5.41) is 3.39. The first-order chi connectivity index (χ1) is 9.47. The highest BCUT2D eigenvalue weighted by Gasteiger charge is 2.35. The molecular weight excluding hydrogens is 256 g/mol. The summed E-state index contributed by atoms with van der Waals surface area (Å²) in [4.78, 5) is 14.6. The van der Waals surface area contributed by atoms with Gasteiger partial charge < -0.3 is 19.7 Å². The van der Waals surface area contributed by atoms with Crippen LogP contribution in [0.3, 0.4) is 0 Å². The molecular formula is C15H28N2O3. The number of hydrogen-bond donors (Lipinski definition) is 1. The quantitative estimate of drug-likeness (QED) is 0.844. The Bertz CT molecular complexity index is 298. The minimum Gasteiger partial charge on any atom is -0.444 e. The highest BCUT2D eigenvalue weighted by Crippen LogP contribution is 2.23. The topological polar surface area (TPSA) is 50.8 Å². The van der Waals surface area contributed by atoms with Crippen molar-refractivity contribution in [2.24, 2.45) is 0 Å². The molecule has 2 aliphatic rings. The lowest BCUT2D eigenvalue weighted by atomic mass is 10.0. The molecule has 0 aromatic rings. The van der Waals surface area contributed by atoms with Crippen molar-refractivity contribution in [2.75, 3.05) is 26.3 Å². The molecule has 0 saturated carbocycles. The third kappa shape index (κ3) is 4.35. The van der Waals surface area contributed by atoms with Crippen LogP contribution in [-0.2, 0) is 9.47 Å². The Balaban J connectivity index is 2.07. The summed E-state index contributed by atoms with van der Waals surface area (Å²) in [5.41, 5.74) is -0.442. The average molecular weight is 284 g/mol. The normalized spacial score (nSPS) is 25.2. The van der Waals surface area contributed by atoms with Crippen LogP contribution in [0.15, 0.2) is 0 Å². The van der Waals surface area contributed by atoms with Gasteiger partial charge in [-0.05, 0) is 53.0 Å². The standard InChI is InChI=1S/C15H28N2O3/c1-15(2,3)20-14(18)17(12-6-9-19-10-7-12)13-5-4-8-16-11-13/h12-13,16H,4-11H2,1-3H3/t13-/m0/s1. The Morgan fingerprint density at radius 3 is 2.45 bits per heavy atom. The van der Waals surface area contributed by atoms with Crippen molar-refractivity contribution in [3.8, 4) is 0 Å². The Kier molecular flexibility index (Phi) is 5.27. The average Bonchev–Trinajstić information content (AvgIpc) is 2.39. The summed E-state index contributed by atoms with van der Waals surface area (Å²) in [6, 6.07) is 0.505. The van der Waals surface area contributed by atoms with Gasteiger partial charge in [-0.1, -0.05) is 0 Å². The van der Waals surface area contributed by atoms with Crippen LogP contribution in [0.1, 0.15) is 46.5 Å². The molecule has 2 fully saturated rings. The summed E-state index contributed by atoms with van der Waals surface area (Å²) >= 11 is 0. The summed E-state index contributed by atoms with van der Waals surface area (Å²) in [6.07, 6.45) is 3.83. The second kappa shape index (κ2) is 6.76. The Hall–Kier alpha value is -0.810. The molecule has 20 heavy (non-hydrogen) atoms. The zero-order valence-corrected chi connectivity index (χ0v) is 13.0. The van der Waals surface area contributed by atoms with Crippen LogP contribution >= 0.6 is 0 Å². The van der Waals surface area contributed by atoms with E-state index in [0.29, 0.717) is 0 Å². The fourth-order valence-electron chi connectivity index (χ4n) is 2.95. The van der Waals surface area contributed by atoms with Crippen molar-refractivity contribution in [1.29, 1.82) is 0 Å². The second-order valence-electron chi connectivity index (χ2n) is 6.73. The molecule has 0 spiro atoms. The molecule has 0 bridgehead atoms. The molecule has 1 N–H and O–H groups in total. The van der Waals surface area contributed by atoms with Crippen LogP contribution in [0, 0.1) is 0 Å². The van der Waals surface area contributed by atoms with E-state index in [1.807, 2.05) is 25.7 Å². The maximum Gasteiger partial charge on any atom is 0.410 e. The van der Waals surface area contributed by atoms with Crippen molar-refractivity contribution in [3.63, 3.8) is 0 Å². The van der Waals surface area contributed by atoms with E-state index in [0.717, 1.165) is 52.0 Å². The summed E-state index contributed by atoms with van der Waals surface area (Å²) in [6.45, 7) is 9.17. The van der Waals surface area contributed by atoms with Gasteiger partial charge in [0, 0.05) is 31.8 Å². The highest BCUT2D eigenvalue weighted by molar-refractivity contribution is 5.69. The van der Waals surface area contributed by atoms with E-state index in [4.69, 9.17) is 9.47 Å². The molecule has 116 valence electrons. The number of amides is 1. The van der Waals surface area contributed by atoms with Gasteiger partial charge in [-0.3, -0.25) is 0 Å². The predicted molar refractivity (Wildman–Crippen MR) is 77.8 cm³/mol. The molecule has 2 aliphatic heterocycles. The van der Waals surface area contributed by atoms with Gasteiger partial charge in [0.1, 0.15) is 5.60 Å². The van der Waals surface area contributed by atoms with Crippen molar-refractivity contribution in [1.82, 2.24) is 10.2 Å². The van der Waals surface area contributed by atoms with Crippen molar-refractivity contribution < 1.29 is 14.3 Å². The van der Waals surface area contributed by atoms with Gasteiger partial charge in [-0.2, -0.15) is 0 Å². The fraction of sp³-hybridized carbons (Fsp3) is 0.933. The van der Waals surface area contributed by atoms with Crippen LogP contribution < -0.4 is 5.32 Å². The number of piperidine rings is 1. The van der Waals surface area contributed by atoms with E-state index in [1.165, 1.54) is 0 Å². The third-order valence-electron chi connectivity index (χ3n) is 3.85. The first-order valence-corrected chi connectivity index (χ1v) is 7.77. The third-order valence-corrected chi connectivity index (χ3v) is 3.85. The van der Waals surface area contributed by atoms with Gasteiger partial charge in [0.25, 0.3) is 0 Å². The molecule has 0 unspecified atom stereocenters. The van der Waals surface area contributed by atoms with Gasteiger partial charge in [-0.25, -0.2) is 4.79 Å². The molecule has 0 radical (unpaired) electrons. The van der Waals surface area contributed by atoms with E-state index in [2.05, 4.69) is 5.32 Å². The number of rotatable bonds is 2. The molecule has 5 nitrogen and oxygen atoms in total. The zero-order chi connectivity index (χ0) is 14.6. The molecule has 5 heteroatoms. The van der Waals surface area contributed by atoms with E-state index < -0.39 is 5.60 Å². The lowest BCUT2D eigenvalue weighted by Gasteiger charge is -2.42. The van der Waals surface area contributed by atoms with Gasteiger partial charge in [0.05, 0.1) is 0 Å². The Morgan fingerprint density at radius 2 is 1.90 bits per heavy atom. The van der Waals surface area contributed by atoms with Crippen LogP contribution in [0.25, 0.3) is 0 Å². The van der Waals surface area contributed by atoms with Gasteiger partial charge in [0.2, 0.25) is 0 Å². The van der Waals surface area contributed by atoms with Gasteiger partial charge in [-0.15, -0.1) is 0 Å². The van der Waals surface area contributed by atoms with E-state index in [9.17, 15) is 4.79 Å². The summed E-state index contributed by atoms with van der Waals surface area (Å²) < 4.78 is 11.0. The smallest absolute Gasteiger partial charge is 0.410 e. The predicted octanol–water partition coefficient (Wildman–Crippen LogP) is 2.15. The Morgan fingerprint density at radius 1 is 1.20 bits per heavy atom. The van der Waals surface area contributed by atoms with E-state index >= 15 is 0 Å².